The van der Waals surface area contributed by atoms with E-state index in [0.29, 0.717) is 5.92 Å². The maximum Gasteiger partial charge on any atom is 0.123 e. The van der Waals surface area contributed by atoms with Crippen molar-refractivity contribution in [3.63, 3.8) is 0 Å². The number of hydrogen-bond acceptors (Lipinski definition) is 7. The molecule has 1 aliphatic heterocycles. The smallest absolute Gasteiger partial charge is 0.123 e. The third-order valence-electron chi connectivity index (χ3n) is 6.95. The average molecular weight is 667 g/mol. The second-order valence-electron chi connectivity index (χ2n) is 10.4. The number of carbonyl (C=O) groups excluding carboxylic acids is 1. The van der Waals surface area contributed by atoms with Gasteiger partial charge in [-0.15, -0.1) is 13.2 Å². The molecule has 1 fully saturated rings. The minimum absolute atomic E-state index is 0.263. The summed E-state index contributed by atoms with van der Waals surface area (Å²) in [6, 6.07) is 15.3. The van der Waals surface area contributed by atoms with Gasteiger partial charge in [-0.3, -0.25) is 0 Å². The van der Waals surface area contributed by atoms with Gasteiger partial charge in [0.2, 0.25) is 0 Å². The summed E-state index contributed by atoms with van der Waals surface area (Å²) >= 11 is 0. The van der Waals surface area contributed by atoms with Crippen molar-refractivity contribution in [1.82, 2.24) is 15.1 Å². The number of aromatic hydroxyl groups is 1. The number of para-hydroxylation sites is 1. The number of methoxy groups -OCH3 is 1. The summed E-state index contributed by atoms with van der Waals surface area (Å²) in [5.74, 6) is 1.84. The lowest BCUT2D eigenvalue weighted by Crippen LogP contribution is -2.31. The molecule has 3 rings (SSSR count). The minimum Gasteiger partial charge on any atom is -0.507 e. The standard InChI is InChI=1S/C24H35N3O.C8H10O.C3H8.C2H6.C2H4.CH5N.CH2O/c1-7-23(25-4)19(3)27(6)21(17-20-12-14-26(5)15-13-20)16-18(2)22-10-8-9-11-24(22)28;1-7-4-3-5-8(6-7)9-2;1-3-2;4*1-2/h7-11,16,20,25,28H,1-2,12-15,17H2,3-6H3;3-6H,1-2H3;3H2,1-2H3;1-2H3;1-2H2;2H2,1H3;1H2/b21-16-,23-19+;;;;;;. The molecule has 1 aliphatic rings. The SMILES string of the molecule is C=C.C=C/C(NC)=C(/C)N(C)/C(=C\C(=C)c1ccccc1O)CC1CCN(C)CC1.C=O.CC.CCC.CN.COc1cccc(C)c1. The van der Waals surface area contributed by atoms with E-state index in [4.69, 9.17) is 9.53 Å². The van der Waals surface area contributed by atoms with Gasteiger partial charge in [0.25, 0.3) is 0 Å². The molecule has 0 radical (unpaired) electrons. The number of rotatable bonds is 9. The first kappa shape index (κ1) is 50.8. The molecule has 4 N–H and O–H groups in total. The lowest BCUT2D eigenvalue weighted by atomic mass is 9.91. The second-order valence-corrected chi connectivity index (χ2v) is 10.4. The molecule has 0 saturated carbocycles. The molecule has 7 heteroatoms. The summed E-state index contributed by atoms with van der Waals surface area (Å²) in [6.07, 6.45) is 8.61. The first-order chi connectivity index (χ1) is 23.1. The first-order valence-electron chi connectivity index (χ1n) is 16.7. The van der Waals surface area contributed by atoms with Gasteiger partial charge in [0.05, 0.1) is 12.8 Å². The van der Waals surface area contributed by atoms with E-state index in [0.717, 1.165) is 47.8 Å². The van der Waals surface area contributed by atoms with E-state index >= 15 is 0 Å². The fourth-order valence-electron chi connectivity index (χ4n) is 4.45. The first-order valence-corrected chi connectivity index (χ1v) is 16.7. The van der Waals surface area contributed by atoms with E-state index < -0.39 is 0 Å². The summed E-state index contributed by atoms with van der Waals surface area (Å²) in [5.41, 5.74) is 10.7. The maximum absolute atomic E-state index is 10.2. The van der Waals surface area contributed by atoms with Crippen LogP contribution in [-0.2, 0) is 4.79 Å². The van der Waals surface area contributed by atoms with Crippen LogP contribution in [0.3, 0.4) is 0 Å². The van der Waals surface area contributed by atoms with Crippen LogP contribution >= 0.6 is 0 Å². The van der Waals surface area contributed by atoms with Gasteiger partial charge in [0.1, 0.15) is 18.3 Å². The summed E-state index contributed by atoms with van der Waals surface area (Å²) in [6.45, 7) is 30.8. The highest BCUT2D eigenvalue weighted by molar-refractivity contribution is 5.76. The number of phenols is 1. The summed E-state index contributed by atoms with van der Waals surface area (Å²) in [7, 11) is 9.37. The van der Waals surface area contributed by atoms with Crippen LogP contribution in [0.2, 0.25) is 0 Å². The van der Waals surface area contributed by atoms with E-state index in [1.54, 1.807) is 13.2 Å². The van der Waals surface area contributed by atoms with Gasteiger partial charge in [0, 0.05) is 31.1 Å². The van der Waals surface area contributed by atoms with Crippen molar-refractivity contribution < 1.29 is 14.6 Å². The summed E-state index contributed by atoms with van der Waals surface area (Å²) in [5, 5.41) is 13.4. The van der Waals surface area contributed by atoms with Crippen LogP contribution in [0.5, 0.6) is 11.5 Å². The molecule has 0 spiro atoms. The van der Waals surface area contributed by atoms with Crippen molar-refractivity contribution in [3.05, 3.63) is 115 Å². The fourth-order valence-corrected chi connectivity index (χ4v) is 4.45. The average Bonchev–Trinajstić information content (AvgIpc) is 3.13. The Balaban J connectivity index is -0.000000399. The van der Waals surface area contributed by atoms with E-state index in [1.807, 2.05) is 83.1 Å². The van der Waals surface area contributed by atoms with Crippen molar-refractivity contribution in [2.45, 2.75) is 67.2 Å². The summed E-state index contributed by atoms with van der Waals surface area (Å²) < 4.78 is 5.00. The molecule has 0 aromatic heterocycles. The van der Waals surface area contributed by atoms with Crippen molar-refractivity contribution in [2.24, 2.45) is 11.7 Å². The Morgan fingerprint density at radius 3 is 2.02 bits per heavy atom. The van der Waals surface area contributed by atoms with Crippen LogP contribution in [0.4, 0.5) is 0 Å². The lowest BCUT2D eigenvalue weighted by Gasteiger charge is -2.33. The Morgan fingerprint density at radius 2 is 1.60 bits per heavy atom. The maximum atomic E-state index is 10.2. The number of likely N-dealkylation sites (tertiary alicyclic amines) is 1. The number of likely N-dealkylation sites (N-methyl/N-ethyl adjacent to an activating group) is 1. The molecule has 1 saturated heterocycles. The number of benzene rings is 2. The molecule has 2 aromatic carbocycles. The number of phenolic OH excluding ortho intramolecular Hbond substituents is 1. The Kier molecular flexibility index (Phi) is 36.3. The van der Waals surface area contributed by atoms with Crippen LogP contribution in [0.15, 0.2) is 104 Å². The van der Waals surface area contributed by atoms with Crippen molar-refractivity contribution in [3.8, 4) is 11.5 Å². The third kappa shape index (κ3) is 21.7. The van der Waals surface area contributed by atoms with E-state index in [1.165, 1.54) is 37.6 Å². The second kappa shape index (κ2) is 34.3. The van der Waals surface area contributed by atoms with Crippen LogP contribution in [0.1, 0.15) is 71.4 Å². The molecule has 0 aliphatic carbocycles. The number of hydrogen-bond donors (Lipinski definition) is 3. The normalized spacial score (nSPS) is 12.5. The number of allylic oxidation sites excluding steroid dienone is 5. The Morgan fingerprint density at radius 1 is 1.08 bits per heavy atom. The molecule has 48 heavy (non-hydrogen) atoms. The number of nitrogens with two attached hydrogens (primary N) is 1. The van der Waals surface area contributed by atoms with Gasteiger partial charge < -0.3 is 35.5 Å². The molecular weight excluding hydrogens is 596 g/mol. The quantitative estimate of drug-likeness (QED) is 0.182. The predicted molar refractivity (Wildman–Crippen MR) is 213 cm³/mol. The van der Waals surface area contributed by atoms with Gasteiger partial charge in [-0.25, -0.2) is 0 Å². The van der Waals surface area contributed by atoms with Crippen LogP contribution in [-0.4, -0.2) is 70.1 Å². The van der Waals surface area contributed by atoms with Crippen LogP contribution in [0, 0.1) is 12.8 Å². The molecule has 0 unspecified atom stereocenters. The van der Waals surface area contributed by atoms with Crippen molar-refractivity contribution in [2.75, 3.05) is 48.4 Å². The van der Waals surface area contributed by atoms with Gasteiger partial charge in [-0.2, -0.15) is 0 Å². The van der Waals surface area contributed by atoms with E-state index in [9.17, 15) is 5.11 Å². The molecule has 0 amide bonds. The monoisotopic (exact) mass is 667 g/mol. The van der Waals surface area contributed by atoms with Gasteiger partial charge in [-0.05, 0) is 108 Å². The molecule has 1 heterocycles. The van der Waals surface area contributed by atoms with Crippen molar-refractivity contribution >= 4 is 12.4 Å². The number of nitrogens with one attached hydrogen (secondary N) is 1. The Labute approximate surface area is 295 Å². The number of ether oxygens (including phenoxy) is 1. The zero-order chi connectivity index (χ0) is 38.1. The van der Waals surface area contributed by atoms with Gasteiger partial charge in [-0.1, -0.05) is 77.6 Å². The highest BCUT2D eigenvalue weighted by Crippen LogP contribution is 2.31. The topological polar surface area (TPSA) is 91.1 Å². The van der Waals surface area contributed by atoms with E-state index in [-0.39, 0.29) is 5.75 Å². The third-order valence-corrected chi connectivity index (χ3v) is 6.95. The summed E-state index contributed by atoms with van der Waals surface area (Å²) in [4.78, 5) is 12.6. The number of aryl methyl sites for hydroxylation is 1. The van der Waals surface area contributed by atoms with Gasteiger partial charge >= 0.3 is 0 Å². The number of carbonyl (C=O) groups is 1. The van der Waals surface area contributed by atoms with Crippen LogP contribution in [0.25, 0.3) is 5.57 Å². The van der Waals surface area contributed by atoms with Gasteiger partial charge in [0.15, 0.2) is 0 Å². The number of nitrogens with zero attached hydrogens (tertiary/aromatic N) is 2. The van der Waals surface area contributed by atoms with Crippen molar-refractivity contribution in [1.29, 1.82) is 0 Å². The number of piperidine rings is 1. The highest BCUT2D eigenvalue weighted by atomic mass is 16.5. The molecule has 0 atom stereocenters. The highest BCUT2D eigenvalue weighted by Gasteiger charge is 2.21. The largest absolute Gasteiger partial charge is 0.507 e. The zero-order valence-corrected chi connectivity index (χ0v) is 32.4. The predicted octanol–water partition coefficient (Wildman–Crippen LogP) is 9.23. The lowest BCUT2D eigenvalue weighted by molar-refractivity contribution is -0.0980. The van der Waals surface area contributed by atoms with E-state index in [2.05, 4.69) is 88.1 Å². The molecule has 2 aromatic rings. The Hall–Kier alpha value is -4.07. The molecule has 272 valence electrons. The molecule has 7 nitrogen and oxygen atoms in total. The Bertz CT molecular complexity index is 1150. The fraction of sp³-hybridized carbons (Fsp3) is 0.439. The minimum atomic E-state index is 0.263. The van der Waals surface area contributed by atoms with Crippen LogP contribution < -0.4 is 15.8 Å². The molecule has 0 bridgehead atoms. The zero-order valence-electron chi connectivity index (χ0n) is 32.4. The molecular formula is C41H70N4O3.